The summed E-state index contributed by atoms with van der Waals surface area (Å²) >= 11 is 9.15. The Morgan fingerprint density at radius 2 is 1.58 bits per heavy atom. The highest BCUT2D eigenvalue weighted by Crippen LogP contribution is 2.17. The first-order valence-electron chi connectivity index (χ1n) is 9.23. The highest BCUT2D eigenvalue weighted by Gasteiger charge is 2.13. The predicted octanol–water partition coefficient (Wildman–Crippen LogP) is 5.24. The quantitative estimate of drug-likeness (QED) is 0.208. The highest BCUT2D eigenvalue weighted by molar-refractivity contribution is 9.10. The summed E-state index contributed by atoms with van der Waals surface area (Å²) in [6.07, 6.45) is 0.742. The van der Waals surface area contributed by atoms with Gasteiger partial charge in [-0.15, -0.1) is 0 Å². The zero-order valence-electron chi connectivity index (χ0n) is 16.4. The van der Waals surface area contributed by atoms with Crippen LogP contribution < -0.4 is 14.9 Å². The van der Waals surface area contributed by atoms with Crippen molar-refractivity contribution in [2.45, 2.75) is 13.0 Å². The maximum atomic E-state index is 12.1. The lowest BCUT2D eigenvalue weighted by Gasteiger charge is -2.12. The van der Waals surface area contributed by atoms with Crippen molar-refractivity contribution in [2.75, 3.05) is 0 Å². The molecule has 0 aliphatic heterocycles. The van der Waals surface area contributed by atoms with Gasteiger partial charge in [-0.3, -0.25) is 4.79 Å². The van der Waals surface area contributed by atoms with Crippen LogP contribution in [-0.2, 0) is 4.79 Å². The lowest BCUT2D eigenvalue weighted by molar-refractivity contribution is -0.127. The third-order valence-corrected chi connectivity index (χ3v) is 4.84. The van der Waals surface area contributed by atoms with Gasteiger partial charge < -0.3 is 9.47 Å². The molecular weight excluding hydrogens is 484 g/mol. The van der Waals surface area contributed by atoms with Crippen LogP contribution in [0, 0.1) is 0 Å². The second kappa shape index (κ2) is 10.7. The second-order valence-corrected chi connectivity index (χ2v) is 7.77. The van der Waals surface area contributed by atoms with Crippen LogP contribution in [0.15, 0.2) is 82.4 Å². The molecule has 0 saturated heterocycles. The maximum absolute atomic E-state index is 12.1. The summed E-state index contributed by atoms with van der Waals surface area (Å²) in [5.74, 6) is 0.0884. The van der Waals surface area contributed by atoms with Crippen molar-refractivity contribution in [3.8, 4) is 11.5 Å². The molecule has 0 aromatic heterocycles. The largest absolute Gasteiger partial charge is 0.481 e. The van der Waals surface area contributed by atoms with Crippen molar-refractivity contribution in [1.82, 2.24) is 5.43 Å². The molecule has 3 aromatic rings. The van der Waals surface area contributed by atoms with Gasteiger partial charge in [0.15, 0.2) is 6.10 Å². The normalized spacial score (nSPS) is 11.7. The molecule has 0 radical (unpaired) electrons. The van der Waals surface area contributed by atoms with E-state index in [1.54, 1.807) is 79.7 Å². The molecule has 0 bridgehead atoms. The van der Waals surface area contributed by atoms with Gasteiger partial charge >= 0.3 is 5.97 Å². The van der Waals surface area contributed by atoms with Crippen molar-refractivity contribution in [1.29, 1.82) is 0 Å². The van der Waals surface area contributed by atoms with Crippen LogP contribution >= 0.6 is 27.5 Å². The van der Waals surface area contributed by atoms with E-state index in [-0.39, 0.29) is 0 Å². The molecule has 0 spiro atoms. The van der Waals surface area contributed by atoms with Gasteiger partial charge in [0.1, 0.15) is 11.5 Å². The number of hydrogen-bond donors (Lipinski definition) is 1. The Bertz CT molecular complexity index is 1070. The molecule has 6 nitrogen and oxygen atoms in total. The van der Waals surface area contributed by atoms with Crippen molar-refractivity contribution in [3.63, 3.8) is 0 Å². The number of nitrogens with one attached hydrogen (secondary N) is 1. The van der Waals surface area contributed by atoms with Crippen LogP contribution in [0.1, 0.15) is 22.8 Å². The molecule has 3 aromatic carbocycles. The van der Waals surface area contributed by atoms with Crippen molar-refractivity contribution in [2.24, 2.45) is 5.10 Å². The van der Waals surface area contributed by atoms with E-state index in [1.165, 1.54) is 6.21 Å². The number of rotatable bonds is 7. The van der Waals surface area contributed by atoms with Gasteiger partial charge in [0.25, 0.3) is 5.91 Å². The van der Waals surface area contributed by atoms with Crippen LogP contribution in [0.4, 0.5) is 0 Å². The van der Waals surface area contributed by atoms with Crippen molar-refractivity contribution in [3.05, 3.63) is 93.4 Å². The molecule has 0 fully saturated rings. The summed E-state index contributed by atoms with van der Waals surface area (Å²) in [6, 6.07) is 20.3. The Hall–Kier alpha value is -3.16. The number of carbonyl (C=O) groups is 2. The number of benzene rings is 3. The van der Waals surface area contributed by atoms with Gasteiger partial charge in [-0.05, 0) is 85.3 Å². The number of carbonyl (C=O) groups excluding carboxylic acids is 2. The SMILES string of the molecule is CC(Oc1ccc(Cl)cc1)C(=O)N/N=C/c1ccc(OC(=O)c2ccc(Br)cc2)cc1. The predicted molar refractivity (Wildman–Crippen MR) is 123 cm³/mol. The molecule has 1 amide bonds. The lowest BCUT2D eigenvalue weighted by Crippen LogP contribution is -2.33. The molecular formula is C23H18BrClN2O4. The topological polar surface area (TPSA) is 77.0 Å². The van der Waals surface area contributed by atoms with E-state index in [9.17, 15) is 9.59 Å². The fraction of sp³-hybridized carbons (Fsp3) is 0.0870. The standard InChI is InChI=1S/C23H18BrClN2O4/c1-15(30-20-12-8-19(25)9-13-20)22(28)27-26-14-16-2-10-21(11-3-16)31-23(29)17-4-6-18(24)7-5-17/h2-15H,1H3,(H,27,28)/b26-14+. The average molecular weight is 502 g/mol. The van der Waals surface area contributed by atoms with E-state index in [1.807, 2.05) is 0 Å². The number of esters is 1. The van der Waals surface area contributed by atoms with E-state index in [4.69, 9.17) is 21.1 Å². The Morgan fingerprint density at radius 1 is 0.968 bits per heavy atom. The first kappa shape index (κ1) is 22.5. The summed E-state index contributed by atoms with van der Waals surface area (Å²) in [7, 11) is 0. The minimum atomic E-state index is -0.737. The minimum absolute atomic E-state index is 0.397. The minimum Gasteiger partial charge on any atom is -0.481 e. The Kier molecular flexibility index (Phi) is 7.81. The summed E-state index contributed by atoms with van der Waals surface area (Å²) in [5.41, 5.74) is 3.59. The highest BCUT2D eigenvalue weighted by atomic mass is 79.9. The smallest absolute Gasteiger partial charge is 0.343 e. The number of amides is 1. The van der Waals surface area contributed by atoms with Crippen LogP contribution in [-0.4, -0.2) is 24.2 Å². The number of halogens is 2. The third kappa shape index (κ3) is 6.94. The molecule has 0 aliphatic carbocycles. The van der Waals surface area contributed by atoms with E-state index >= 15 is 0 Å². The van der Waals surface area contributed by atoms with Crippen LogP contribution in [0.25, 0.3) is 0 Å². The van der Waals surface area contributed by atoms with Gasteiger partial charge in [0.05, 0.1) is 11.8 Å². The molecule has 0 heterocycles. The second-order valence-electron chi connectivity index (χ2n) is 6.41. The molecule has 1 N–H and O–H groups in total. The zero-order chi connectivity index (χ0) is 22.2. The third-order valence-electron chi connectivity index (χ3n) is 4.05. The molecule has 0 aliphatic rings. The van der Waals surface area contributed by atoms with E-state index in [0.717, 1.165) is 10.0 Å². The number of hydrazone groups is 1. The van der Waals surface area contributed by atoms with Crippen LogP contribution in [0.3, 0.4) is 0 Å². The summed E-state index contributed by atoms with van der Waals surface area (Å²) in [6.45, 7) is 1.62. The Labute approximate surface area is 193 Å². The van der Waals surface area contributed by atoms with Gasteiger partial charge in [-0.25, -0.2) is 10.2 Å². The van der Waals surface area contributed by atoms with E-state index in [2.05, 4.69) is 26.5 Å². The summed E-state index contributed by atoms with van der Waals surface area (Å²) < 4.78 is 11.8. The summed E-state index contributed by atoms with van der Waals surface area (Å²) in [5, 5.41) is 4.51. The fourth-order valence-electron chi connectivity index (χ4n) is 2.41. The van der Waals surface area contributed by atoms with E-state index < -0.39 is 18.0 Å². The average Bonchev–Trinajstić information content (AvgIpc) is 2.77. The number of hydrogen-bond acceptors (Lipinski definition) is 5. The van der Waals surface area contributed by atoms with Crippen LogP contribution in [0.5, 0.6) is 11.5 Å². The molecule has 3 rings (SSSR count). The van der Waals surface area contributed by atoms with Gasteiger partial charge in [-0.2, -0.15) is 5.10 Å². The molecule has 158 valence electrons. The van der Waals surface area contributed by atoms with Gasteiger partial charge in [0.2, 0.25) is 0 Å². The van der Waals surface area contributed by atoms with E-state index in [0.29, 0.717) is 22.1 Å². The van der Waals surface area contributed by atoms with Gasteiger partial charge in [0, 0.05) is 9.50 Å². The molecule has 8 heteroatoms. The lowest BCUT2D eigenvalue weighted by atomic mass is 10.2. The van der Waals surface area contributed by atoms with Crippen molar-refractivity contribution < 1.29 is 19.1 Å². The fourth-order valence-corrected chi connectivity index (χ4v) is 2.80. The first-order chi connectivity index (χ1) is 14.9. The summed E-state index contributed by atoms with van der Waals surface area (Å²) in [4.78, 5) is 24.2. The Morgan fingerprint density at radius 3 is 2.23 bits per heavy atom. The molecule has 31 heavy (non-hydrogen) atoms. The Balaban J connectivity index is 1.49. The number of nitrogens with zero attached hydrogens (tertiary/aromatic N) is 1. The molecule has 1 atom stereocenters. The monoisotopic (exact) mass is 500 g/mol. The van der Waals surface area contributed by atoms with Crippen molar-refractivity contribution >= 4 is 45.6 Å². The molecule has 1 unspecified atom stereocenters. The molecule has 0 saturated carbocycles. The van der Waals surface area contributed by atoms with Crippen LogP contribution in [0.2, 0.25) is 5.02 Å². The van der Waals surface area contributed by atoms with Gasteiger partial charge in [-0.1, -0.05) is 27.5 Å². The first-order valence-corrected chi connectivity index (χ1v) is 10.4. The number of ether oxygens (including phenoxy) is 2. The zero-order valence-corrected chi connectivity index (χ0v) is 18.8. The maximum Gasteiger partial charge on any atom is 0.343 e.